The zero-order valence-corrected chi connectivity index (χ0v) is 15.5. The van der Waals surface area contributed by atoms with Gasteiger partial charge in [-0.1, -0.05) is 12.1 Å². The Morgan fingerprint density at radius 1 is 1.38 bits per heavy atom. The van der Waals surface area contributed by atoms with Crippen LogP contribution < -0.4 is 10.1 Å². The van der Waals surface area contributed by atoms with E-state index in [1.54, 1.807) is 14.2 Å². The van der Waals surface area contributed by atoms with Crippen molar-refractivity contribution in [3.8, 4) is 5.75 Å². The highest BCUT2D eigenvalue weighted by atomic mass is 16.5. The molecule has 0 saturated heterocycles. The van der Waals surface area contributed by atoms with Gasteiger partial charge in [0.05, 0.1) is 6.10 Å². The van der Waals surface area contributed by atoms with E-state index in [0.29, 0.717) is 23.5 Å². The number of carboxylic acid groups (broad SMARTS) is 1. The van der Waals surface area contributed by atoms with Crippen LogP contribution in [0.3, 0.4) is 0 Å². The molecule has 1 saturated carbocycles. The van der Waals surface area contributed by atoms with E-state index in [4.69, 9.17) is 14.6 Å². The molecule has 0 radical (unpaired) electrons. The van der Waals surface area contributed by atoms with Gasteiger partial charge in [-0.25, -0.2) is 4.79 Å². The van der Waals surface area contributed by atoms with E-state index in [0.717, 1.165) is 37.7 Å². The van der Waals surface area contributed by atoms with Gasteiger partial charge in [0.1, 0.15) is 12.0 Å². The molecular weight excluding hydrogens is 334 g/mol. The second-order valence-corrected chi connectivity index (χ2v) is 7.46. The first-order valence-electron chi connectivity index (χ1n) is 9.37. The molecule has 0 aromatic heterocycles. The zero-order chi connectivity index (χ0) is 18.7. The number of benzene rings is 1. The van der Waals surface area contributed by atoms with E-state index in [2.05, 4.69) is 11.4 Å². The summed E-state index contributed by atoms with van der Waals surface area (Å²) in [6.07, 6.45) is 4.27. The van der Waals surface area contributed by atoms with Crippen LogP contribution in [-0.2, 0) is 22.4 Å². The Bertz CT molecular complexity index is 635. The smallest absolute Gasteiger partial charge is 0.341 e. The first kappa shape index (κ1) is 19.1. The molecule has 0 amide bonds. The lowest BCUT2D eigenvalue weighted by molar-refractivity contribution is -0.139. The SMILES string of the molecule is CNC(O)CCC1C2Cc3cccc(OCC(=O)O)c3CC2C[C@H]1OC. The molecule has 1 aromatic rings. The standard InChI is InChI=1S/C20H29NO5/c1-21-19(22)7-6-14-15-8-12-4-3-5-17(26-11-20(23)24)16(12)9-13(15)10-18(14)25-2/h3-5,13-15,18-19,21-22H,6-11H2,1-2H3,(H,23,24)/t13?,14?,15?,18-,19?/m1/s1. The van der Waals surface area contributed by atoms with Gasteiger partial charge in [-0.3, -0.25) is 5.32 Å². The van der Waals surface area contributed by atoms with Crippen LogP contribution in [0.2, 0.25) is 0 Å². The van der Waals surface area contributed by atoms with Crippen molar-refractivity contribution in [2.75, 3.05) is 20.8 Å². The molecule has 0 spiro atoms. The van der Waals surface area contributed by atoms with Crippen molar-refractivity contribution in [1.29, 1.82) is 0 Å². The molecule has 6 nitrogen and oxygen atoms in total. The number of ether oxygens (including phenoxy) is 2. The second-order valence-electron chi connectivity index (χ2n) is 7.46. The van der Waals surface area contributed by atoms with E-state index in [-0.39, 0.29) is 12.7 Å². The molecule has 1 aromatic carbocycles. The lowest BCUT2D eigenvalue weighted by Crippen LogP contribution is -2.30. The highest BCUT2D eigenvalue weighted by Gasteiger charge is 2.45. The monoisotopic (exact) mass is 363 g/mol. The number of nitrogens with one attached hydrogen (secondary N) is 1. The van der Waals surface area contributed by atoms with E-state index >= 15 is 0 Å². The fourth-order valence-corrected chi connectivity index (χ4v) is 4.82. The summed E-state index contributed by atoms with van der Waals surface area (Å²) in [5, 5.41) is 21.6. The summed E-state index contributed by atoms with van der Waals surface area (Å²) in [5.41, 5.74) is 2.41. The fourth-order valence-electron chi connectivity index (χ4n) is 4.82. The lowest BCUT2D eigenvalue weighted by Gasteiger charge is -2.32. The van der Waals surface area contributed by atoms with Crippen LogP contribution in [0.4, 0.5) is 0 Å². The van der Waals surface area contributed by atoms with Gasteiger partial charge in [0.15, 0.2) is 6.61 Å². The normalized spacial score (nSPS) is 28.3. The number of aliphatic carboxylic acids is 1. The van der Waals surface area contributed by atoms with Crippen molar-refractivity contribution >= 4 is 5.97 Å². The van der Waals surface area contributed by atoms with Crippen molar-refractivity contribution in [1.82, 2.24) is 5.32 Å². The fraction of sp³-hybridized carbons (Fsp3) is 0.650. The number of hydrogen-bond donors (Lipinski definition) is 3. The third-order valence-electron chi connectivity index (χ3n) is 6.08. The predicted molar refractivity (Wildman–Crippen MR) is 97.2 cm³/mol. The summed E-state index contributed by atoms with van der Waals surface area (Å²) in [7, 11) is 3.55. The lowest BCUT2D eigenvalue weighted by atomic mass is 9.73. The van der Waals surface area contributed by atoms with Crippen molar-refractivity contribution in [2.24, 2.45) is 17.8 Å². The predicted octanol–water partition coefficient (Wildman–Crippen LogP) is 1.83. The van der Waals surface area contributed by atoms with E-state index in [1.165, 1.54) is 5.56 Å². The highest BCUT2D eigenvalue weighted by molar-refractivity contribution is 5.68. The molecular formula is C20H29NO5. The third kappa shape index (κ3) is 4.03. The van der Waals surface area contributed by atoms with Crippen LogP contribution in [-0.4, -0.2) is 49.3 Å². The van der Waals surface area contributed by atoms with Gasteiger partial charge in [-0.05, 0) is 74.1 Å². The Labute approximate surface area is 154 Å². The molecule has 4 unspecified atom stereocenters. The quantitative estimate of drug-likeness (QED) is 0.611. The average Bonchev–Trinajstić information content (AvgIpc) is 2.99. The first-order valence-corrected chi connectivity index (χ1v) is 9.37. The topological polar surface area (TPSA) is 88.0 Å². The average molecular weight is 363 g/mol. The molecule has 3 rings (SSSR count). The van der Waals surface area contributed by atoms with Crippen LogP contribution in [0.1, 0.15) is 30.4 Å². The number of methoxy groups -OCH3 is 1. The maximum absolute atomic E-state index is 10.8. The summed E-state index contributed by atoms with van der Waals surface area (Å²) in [4.78, 5) is 10.8. The number of fused-ring (bicyclic) bond motifs is 2. The Hall–Kier alpha value is -1.63. The summed E-state index contributed by atoms with van der Waals surface area (Å²) in [5.74, 6) is 1.22. The molecule has 2 aliphatic rings. The number of carboxylic acids is 1. The minimum absolute atomic E-state index is 0.215. The summed E-state index contributed by atoms with van der Waals surface area (Å²) >= 11 is 0. The Kier molecular flexibility index (Phi) is 6.16. The van der Waals surface area contributed by atoms with Gasteiger partial charge < -0.3 is 19.7 Å². The molecule has 0 aliphatic heterocycles. The first-order chi connectivity index (χ1) is 12.5. The minimum atomic E-state index is -0.959. The van der Waals surface area contributed by atoms with Crippen molar-refractivity contribution in [3.05, 3.63) is 29.3 Å². The van der Waals surface area contributed by atoms with E-state index in [1.807, 2.05) is 12.1 Å². The molecule has 26 heavy (non-hydrogen) atoms. The third-order valence-corrected chi connectivity index (χ3v) is 6.08. The maximum atomic E-state index is 10.8. The summed E-state index contributed by atoms with van der Waals surface area (Å²) < 4.78 is 11.3. The minimum Gasteiger partial charge on any atom is -0.482 e. The molecule has 0 bridgehead atoms. The highest BCUT2D eigenvalue weighted by Crippen LogP contribution is 2.49. The van der Waals surface area contributed by atoms with Gasteiger partial charge in [-0.15, -0.1) is 0 Å². The van der Waals surface area contributed by atoms with Crippen molar-refractivity contribution < 1.29 is 24.5 Å². The Morgan fingerprint density at radius 3 is 2.88 bits per heavy atom. The maximum Gasteiger partial charge on any atom is 0.341 e. The van der Waals surface area contributed by atoms with Gasteiger partial charge in [-0.2, -0.15) is 0 Å². The number of rotatable bonds is 8. The number of aliphatic hydroxyl groups excluding tert-OH is 1. The molecule has 5 atom stereocenters. The number of hydrogen-bond acceptors (Lipinski definition) is 5. The van der Waals surface area contributed by atoms with Gasteiger partial charge in [0, 0.05) is 7.11 Å². The van der Waals surface area contributed by atoms with Crippen LogP contribution in [0, 0.1) is 17.8 Å². The van der Waals surface area contributed by atoms with Crippen molar-refractivity contribution in [2.45, 2.75) is 44.4 Å². The number of carbonyl (C=O) groups is 1. The van der Waals surface area contributed by atoms with Gasteiger partial charge in [0.2, 0.25) is 0 Å². The zero-order valence-electron chi connectivity index (χ0n) is 15.5. The van der Waals surface area contributed by atoms with E-state index in [9.17, 15) is 9.90 Å². The van der Waals surface area contributed by atoms with E-state index < -0.39 is 12.2 Å². The van der Waals surface area contributed by atoms with Crippen LogP contribution in [0.5, 0.6) is 5.75 Å². The summed E-state index contributed by atoms with van der Waals surface area (Å²) in [6, 6.07) is 5.93. The van der Waals surface area contributed by atoms with Crippen LogP contribution in [0.25, 0.3) is 0 Å². The number of aliphatic hydroxyl groups is 1. The molecule has 6 heteroatoms. The molecule has 144 valence electrons. The van der Waals surface area contributed by atoms with Crippen LogP contribution >= 0.6 is 0 Å². The van der Waals surface area contributed by atoms with Crippen LogP contribution in [0.15, 0.2) is 18.2 Å². The molecule has 3 N–H and O–H groups in total. The van der Waals surface area contributed by atoms with Gasteiger partial charge in [0.25, 0.3) is 0 Å². The largest absolute Gasteiger partial charge is 0.482 e. The van der Waals surface area contributed by atoms with Crippen molar-refractivity contribution in [3.63, 3.8) is 0 Å². The van der Waals surface area contributed by atoms with Gasteiger partial charge >= 0.3 is 5.97 Å². The molecule has 2 aliphatic carbocycles. The molecule has 0 heterocycles. The summed E-state index contributed by atoms with van der Waals surface area (Å²) in [6.45, 7) is -0.310. The second kappa shape index (κ2) is 8.37. The Balaban J connectivity index is 1.76. The molecule has 1 fully saturated rings. The Morgan fingerprint density at radius 2 is 2.19 bits per heavy atom.